The minimum atomic E-state index is -0.703. The zero-order valence-electron chi connectivity index (χ0n) is 13.1. The standard InChI is InChI=1S/C14H28N2O3S/c1-14(2,3)19-13(17)16-9-6-12(7-10-16)15-8-5-11-20(4)18/h12,15H,5-11H2,1-4H3. The van der Waals surface area contributed by atoms with Crippen molar-refractivity contribution in [3.63, 3.8) is 0 Å². The Balaban J connectivity index is 2.19. The molecule has 0 spiro atoms. The third-order valence-electron chi connectivity index (χ3n) is 3.19. The van der Waals surface area contributed by atoms with Crippen LogP contribution in [0.4, 0.5) is 4.79 Å². The summed E-state index contributed by atoms with van der Waals surface area (Å²) >= 11 is 0. The molecule has 1 N–H and O–H groups in total. The SMILES string of the molecule is CS(=O)CCCNC1CCN(C(=O)OC(C)(C)C)CC1. The van der Waals surface area contributed by atoms with Crippen LogP contribution in [0.3, 0.4) is 0 Å². The number of likely N-dealkylation sites (tertiary alicyclic amines) is 1. The molecule has 6 heteroatoms. The van der Waals surface area contributed by atoms with Crippen LogP contribution in [0.2, 0.25) is 0 Å². The number of hydrogen-bond acceptors (Lipinski definition) is 4. The lowest BCUT2D eigenvalue weighted by molar-refractivity contribution is 0.0198. The number of ether oxygens (including phenoxy) is 1. The van der Waals surface area contributed by atoms with Crippen LogP contribution >= 0.6 is 0 Å². The predicted octanol–water partition coefficient (Wildman–Crippen LogP) is 1.74. The highest BCUT2D eigenvalue weighted by molar-refractivity contribution is 7.84. The van der Waals surface area contributed by atoms with Crippen molar-refractivity contribution in [1.82, 2.24) is 10.2 Å². The molecule has 0 radical (unpaired) electrons. The van der Waals surface area contributed by atoms with Crippen molar-refractivity contribution in [2.45, 2.75) is 51.7 Å². The Morgan fingerprint density at radius 3 is 2.45 bits per heavy atom. The third-order valence-corrected chi connectivity index (χ3v) is 4.05. The minimum absolute atomic E-state index is 0.211. The van der Waals surface area contributed by atoms with E-state index in [1.807, 2.05) is 20.8 Å². The number of carbonyl (C=O) groups excluding carboxylic acids is 1. The lowest BCUT2D eigenvalue weighted by atomic mass is 10.1. The first-order valence-electron chi connectivity index (χ1n) is 7.29. The first-order chi connectivity index (χ1) is 9.28. The van der Waals surface area contributed by atoms with Crippen LogP contribution in [0, 0.1) is 0 Å². The molecule has 1 atom stereocenters. The largest absolute Gasteiger partial charge is 0.444 e. The van der Waals surface area contributed by atoms with Gasteiger partial charge in [0.15, 0.2) is 0 Å². The van der Waals surface area contributed by atoms with Gasteiger partial charge in [0.25, 0.3) is 0 Å². The number of nitrogens with one attached hydrogen (secondary N) is 1. The van der Waals surface area contributed by atoms with Crippen LogP contribution in [0.5, 0.6) is 0 Å². The Bertz CT molecular complexity index is 334. The van der Waals surface area contributed by atoms with Gasteiger partial charge in [-0.1, -0.05) is 0 Å². The molecule has 0 aromatic heterocycles. The van der Waals surface area contributed by atoms with E-state index < -0.39 is 16.4 Å². The van der Waals surface area contributed by atoms with Gasteiger partial charge in [0, 0.05) is 41.9 Å². The van der Waals surface area contributed by atoms with Gasteiger partial charge >= 0.3 is 6.09 Å². The topological polar surface area (TPSA) is 58.6 Å². The molecule has 1 saturated heterocycles. The summed E-state index contributed by atoms with van der Waals surface area (Å²) in [5.74, 6) is 0.754. The van der Waals surface area contributed by atoms with Crippen LogP contribution in [0.25, 0.3) is 0 Å². The maximum absolute atomic E-state index is 11.9. The lowest BCUT2D eigenvalue weighted by Crippen LogP contribution is -2.46. The van der Waals surface area contributed by atoms with Crippen LogP contribution in [-0.4, -0.2) is 58.5 Å². The van der Waals surface area contributed by atoms with Gasteiger partial charge in [-0.2, -0.15) is 0 Å². The molecular weight excluding hydrogens is 276 g/mol. The average molecular weight is 304 g/mol. The molecule has 118 valence electrons. The van der Waals surface area contributed by atoms with E-state index in [-0.39, 0.29) is 6.09 Å². The fourth-order valence-corrected chi connectivity index (χ4v) is 2.73. The first kappa shape index (κ1) is 17.4. The van der Waals surface area contributed by atoms with Crippen molar-refractivity contribution in [1.29, 1.82) is 0 Å². The van der Waals surface area contributed by atoms with Crippen LogP contribution < -0.4 is 5.32 Å². The molecule has 0 saturated carbocycles. The zero-order chi connectivity index (χ0) is 15.2. The number of rotatable bonds is 5. The summed E-state index contributed by atoms with van der Waals surface area (Å²) in [5.41, 5.74) is -0.429. The van der Waals surface area contributed by atoms with Crippen molar-refractivity contribution in [2.24, 2.45) is 0 Å². The summed E-state index contributed by atoms with van der Waals surface area (Å²) < 4.78 is 16.3. The molecule has 1 fully saturated rings. The van der Waals surface area contributed by atoms with Gasteiger partial charge in [-0.15, -0.1) is 0 Å². The molecule has 1 aliphatic rings. The highest BCUT2D eigenvalue weighted by Crippen LogP contribution is 2.15. The van der Waals surface area contributed by atoms with Gasteiger partial charge in [0.2, 0.25) is 0 Å². The number of nitrogens with zero attached hydrogens (tertiary/aromatic N) is 1. The van der Waals surface area contributed by atoms with E-state index in [4.69, 9.17) is 4.74 Å². The normalized spacial score (nSPS) is 18.9. The van der Waals surface area contributed by atoms with Gasteiger partial charge < -0.3 is 15.0 Å². The summed E-state index contributed by atoms with van der Waals surface area (Å²) in [7, 11) is -0.703. The molecule has 1 amide bonds. The third kappa shape index (κ3) is 7.24. The van der Waals surface area contributed by atoms with E-state index in [1.165, 1.54) is 0 Å². The molecule has 1 unspecified atom stereocenters. The first-order valence-corrected chi connectivity index (χ1v) is 9.02. The second kappa shape index (κ2) is 7.98. The molecule has 0 aliphatic carbocycles. The number of hydrogen-bond donors (Lipinski definition) is 1. The smallest absolute Gasteiger partial charge is 0.410 e. The molecule has 0 aromatic rings. The van der Waals surface area contributed by atoms with E-state index in [2.05, 4.69) is 5.32 Å². The van der Waals surface area contributed by atoms with Crippen LogP contribution in [-0.2, 0) is 15.5 Å². The molecule has 20 heavy (non-hydrogen) atoms. The van der Waals surface area contributed by atoms with Crippen molar-refractivity contribution in [2.75, 3.05) is 31.6 Å². The van der Waals surface area contributed by atoms with Gasteiger partial charge in [0.05, 0.1) is 0 Å². The van der Waals surface area contributed by atoms with Crippen molar-refractivity contribution < 1.29 is 13.7 Å². The molecule has 1 rings (SSSR count). The maximum atomic E-state index is 11.9. The summed E-state index contributed by atoms with van der Waals surface area (Å²) in [4.78, 5) is 13.7. The molecule has 0 aromatic carbocycles. The fraction of sp³-hybridized carbons (Fsp3) is 0.929. The lowest BCUT2D eigenvalue weighted by Gasteiger charge is -2.33. The predicted molar refractivity (Wildman–Crippen MR) is 82.4 cm³/mol. The Morgan fingerprint density at radius 1 is 1.35 bits per heavy atom. The van der Waals surface area contributed by atoms with Gasteiger partial charge in [-0.3, -0.25) is 4.21 Å². The van der Waals surface area contributed by atoms with Crippen molar-refractivity contribution in [3.8, 4) is 0 Å². The Kier molecular flexibility index (Phi) is 6.95. The van der Waals surface area contributed by atoms with Crippen molar-refractivity contribution in [3.05, 3.63) is 0 Å². The molecule has 0 bridgehead atoms. The van der Waals surface area contributed by atoms with Gasteiger partial charge in [0.1, 0.15) is 5.60 Å². The molecule has 5 nitrogen and oxygen atoms in total. The molecule has 1 aliphatic heterocycles. The summed E-state index contributed by atoms with van der Waals surface area (Å²) in [5, 5.41) is 3.47. The van der Waals surface area contributed by atoms with E-state index in [0.717, 1.165) is 44.6 Å². The number of piperidine rings is 1. The summed E-state index contributed by atoms with van der Waals surface area (Å²) in [6.07, 6.45) is 4.37. The van der Waals surface area contributed by atoms with E-state index in [1.54, 1.807) is 11.2 Å². The number of amides is 1. The van der Waals surface area contributed by atoms with Gasteiger partial charge in [-0.05, 0) is 46.6 Å². The molecule has 1 heterocycles. The maximum Gasteiger partial charge on any atom is 0.410 e. The average Bonchev–Trinajstić information content (AvgIpc) is 2.33. The quantitative estimate of drug-likeness (QED) is 0.786. The molecular formula is C14H28N2O3S. The minimum Gasteiger partial charge on any atom is -0.444 e. The van der Waals surface area contributed by atoms with E-state index in [0.29, 0.717) is 6.04 Å². The zero-order valence-corrected chi connectivity index (χ0v) is 13.9. The highest BCUT2D eigenvalue weighted by atomic mass is 32.2. The number of carbonyl (C=O) groups is 1. The second-order valence-electron chi connectivity index (χ2n) is 6.33. The Labute approximate surface area is 124 Å². The monoisotopic (exact) mass is 304 g/mol. The van der Waals surface area contributed by atoms with Gasteiger partial charge in [-0.25, -0.2) is 4.79 Å². The van der Waals surface area contributed by atoms with Crippen molar-refractivity contribution >= 4 is 16.9 Å². The van der Waals surface area contributed by atoms with Crippen LogP contribution in [0.15, 0.2) is 0 Å². The second-order valence-corrected chi connectivity index (χ2v) is 7.88. The Hall–Kier alpha value is -0.620. The highest BCUT2D eigenvalue weighted by Gasteiger charge is 2.26. The summed E-state index contributed by atoms with van der Waals surface area (Å²) in [6, 6.07) is 0.457. The van der Waals surface area contributed by atoms with E-state index in [9.17, 15) is 9.00 Å². The Morgan fingerprint density at radius 2 is 1.95 bits per heavy atom. The summed E-state index contributed by atoms with van der Waals surface area (Å²) in [6.45, 7) is 8.04. The van der Waals surface area contributed by atoms with E-state index >= 15 is 0 Å². The van der Waals surface area contributed by atoms with Crippen LogP contribution in [0.1, 0.15) is 40.0 Å². The fourth-order valence-electron chi connectivity index (χ4n) is 2.17.